The summed E-state index contributed by atoms with van der Waals surface area (Å²) in [5.74, 6) is 0.295. The molecule has 1 aromatic carbocycles. The van der Waals surface area contributed by atoms with Gasteiger partial charge in [0.15, 0.2) is 0 Å². The molecule has 0 radical (unpaired) electrons. The molecule has 1 atom stereocenters. The number of ether oxygens (including phenoxy) is 1. The summed E-state index contributed by atoms with van der Waals surface area (Å²) in [4.78, 5) is 17.5. The molecule has 27 heavy (non-hydrogen) atoms. The van der Waals surface area contributed by atoms with Gasteiger partial charge in [-0.3, -0.25) is 4.79 Å². The van der Waals surface area contributed by atoms with Gasteiger partial charge in [-0.05, 0) is 48.4 Å². The Morgan fingerprint density at radius 2 is 2.00 bits per heavy atom. The fourth-order valence-electron chi connectivity index (χ4n) is 2.22. The Labute approximate surface area is 173 Å². The zero-order valence-electron chi connectivity index (χ0n) is 16.1. The molecular weight excluding hydrogens is 432 g/mol. The second kappa shape index (κ2) is 13.0. The number of aliphatic carboxylic acids is 1. The third-order valence-corrected chi connectivity index (χ3v) is 4.99. The highest BCUT2D eigenvalue weighted by atomic mass is 79.9. The van der Waals surface area contributed by atoms with E-state index in [0.29, 0.717) is 18.9 Å². The summed E-state index contributed by atoms with van der Waals surface area (Å²) in [5, 5.41) is 13.2. The first-order chi connectivity index (χ1) is 12.8. The number of nitrogens with one attached hydrogen (secondary N) is 1. The average Bonchev–Trinajstić information content (AvgIpc) is 2.61. The molecule has 1 rings (SSSR count). The van der Waals surface area contributed by atoms with E-state index in [1.54, 1.807) is 31.5 Å². The summed E-state index contributed by atoms with van der Waals surface area (Å²) in [6, 6.07) is 7.21. The van der Waals surface area contributed by atoms with Crippen molar-refractivity contribution in [3.63, 3.8) is 0 Å². The minimum absolute atomic E-state index is 0.315. The summed E-state index contributed by atoms with van der Waals surface area (Å²) < 4.78 is 6.01. The number of thioether (sulfide) groups is 1. The molecule has 8 heteroatoms. The van der Waals surface area contributed by atoms with Crippen molar-refractivity contribution in [3.05, 3.63) is 45.9 Å². The van der Waals surface area contributed by atoms with Crippen molar-refractivity contribution in [2.24, 2.45) is 5.92 Å². The van der Waals surface area contributed by atoms with Gasteiger partial charge in [0.1, 0.15) is 11.8 Å². The number of halogens is 1. The van der Waals surface area contributed by atoms with Gasteiger partial charge in [0.25, 0.3) is 0 Å². The van der Waals surface area contributed by atoms with Crippen molar-refractivity contribution in [2.45, 2.75) is 31.2 Å². The quantitative estimate of drug-likeness (QED) is 0.253. The van der Waals surface area contributed by atoms with Crippen LogP contribution in [0.15, 0.2) is 50.8 Å². The Hall–Kier alpha value is -1.32. The summed E-state index contributed by atoms with van der Waals surface area (Å²) in [5.41, 5.74) is 1.66. The first-order valence-electron chi connectivity index (χ1n) is 8.57. The highest BCUT2D eigenvalue weighted by Crippen LogP contribution is 2.26. The summed E-state index contributed by atoms with van der Waals surface area (Å²) in [6.07, 6.45) is 4.42. The predicted octanol–water partition coefficient (Wildman–Crippen LogP) is 3.12. The molecule has 1 unspecified atom stereocenters. The van der Waals surface area contributed by atoms with Gasteiger partial charge >= 0.3 is 5.97 Å². The average molecular weight is 460 g/mol. The number of hydroxylamine groups is 1. The van der Waals surface area contributed by atoms with E-state index >= 15 is 0 Å². The van der Waals surface area contributed by atoms with Gasteiger partial charge in [-0.2, -0.15) is 5.48 Å². The number of carboxylic acid groups (broad SMARTS) is 1. The molecule has 150 valence electrons. The fraction of sp³-hybridized carbons (Fsp3) is 0.421. The maximum absolute atomic E-state index is 11.3. The number of quaternary nitrogens is 1. The largest absolute Gasteiger partial charge is 0.497 e. The number of hydrogen-bond donors (Lipinski definition) is 3. The number of allylic oxidation sites excluding steroid dienone is 2. The Morgan fingerprint density at radius 3 is 2.52 bits per heavy atom. The van der Waals surface area contributed by atoms with Crippen LogP contribution < -0.4 is 15.5 Å². The molecule has 6 nitrogen and oxygen atoms in total. The van der Waals surface area contributed by atoms with Gasteiger partial charge in [-0.25, -0.2) is 4.84 Å². The summed E-state index contributed by atoms with van der Waals surface area (Å²) >= 11 is 5.06. The van der Waals surface area contributed by atoms with Crippen LogP contribution >= 0.6 is 27.7 Å². The standard InChI is InChI=1S/C19H27BrN2O4S/c1-13(2)11-17(19(23)24)21-10-9-14(20)12-18(22-26-4)27-16-7-5-15(25-3)6-8-16/h5-9,12-13,17,21-22H,10-11H2,1-4H3,(H,23,24)/p+1/b14-9+,18-12+. The third-order valence-electron chi connectivity index (χ3n) is 3.48. The first-order valence-corrected chi connectivity index (χ1v) is 10.2. The van der Waals surface area contributed by atoms with E-state index in [-0.39, 0.29) is 0 Å². The van der Waals surface area contributed by atoms with Crippen molar-refractivity contribution in [1.82, 2.24) is 5.32 Å². The van der Waals surface area contributed by atoms with E-state index in [0.717, 1.165) is 20.2 Å². The highest BCUT2D eigenvalue weighted by Gasteiger charge is 2.17. The van der Waals surface area contributed by atoms with Crippen LogP contribution in [0.1, 0.15) is 20.3 Å². The van der Waals surface area contributed by atoms with Crippen LogP contribution in [0.5, 0.6) is 5.75 Å². The SMILES string of the molecule is CO[NH2+]/C(=C\C(Br)=C/CNC(CC(C)C)C(=O)O)Sc1ccc(OC)cc1. The molecule has 0 aliphatic heterocycles. The number of nitrogens with two attached hydrogens (primary N) is 1. The zero-order chi connectivity index (χ0) is 20.2. The fourth-order valence-corrected chi connectivity index (χ4v) is 3.65. The number of methoxy groups -OCH3 is 1. The third kappa shape index (κ3) is 9.97. The number of hydrogen-bond acceptors (Lipinski definition) is 5. The molecule has 0 aliphatic carbocycles. The van der Waals surface area contributed by atoms with Gasteiger partial charge in [0, 0.05) is 22.0 Å². The summed E-state index contributed by atoms with van der Waals surface area (Å²) in [6.45, 7) is 4.47. The Morgan fingerprint density at radius 1 is 1.33 bits per heavy atom. The first kappa shape index (κ1) is 23.7. The van der Waals surface area contributed by atoms with Gasteiger partial charge in [0.05, 0.1) is 14.2 Å². The molecule has 0 aromatic heterocycles. The molecule has 0 heterocycles. The lowest BCUT2D eigenvalue weighted by molar-refractivity contribution is -0.847. The number of benzene rings is 1. The van der Waals surface area contributed by atoms with Crippen LogP contribution in [0, 0.1) is 5.92 Å². The zero-order valence-corrected chi connectivity index (χ0v) is 18.5. The van der Waals surface area contributed by atoms with Crippen LogP contribution in [0.3, 0.4) is 0 Å². The van der Waals surface area contributed by atoms with Crippen molar-refractivity contribution in [2.75, 3.05) is 20.8 Å². The Bertz CT molecular complexity index is 648. The molecule has 0 bridgehead atoms. The normalized spacial score (nSPS) is 13.7. The van der Waals surface area contributed by atoms with Crippen LogP contribution in [0.4, 0.5) is 0 Å². The van der Waals surface area contributed by atoms with Crippen molar-refractivity contribution in [1.29, 1.82) is 0 Å². The highest BCUT2D eigenvalue weighted by molar-refractivity contribution is 9.11. The Balaban J connectivity index is 2.71. The molecule has 1 aromatic rings. The predicted molar refractivity (Wildman–Crippen MR) is 112 cm³/mol. The number of carbonyl (C=O) groups is 1. The monoisotopic (exact) mass is 459 g/mol. The van der Waals surface area contributed by atoms with Crippen molar-refractivity contribution < 1.29 is 25.0 Å². The lowest BCUT2D eigenvalue weighted by Crippen LogP contribution is -2.79. The van der Waals surface area contributed by atoms with E-state index < -0.39 is 12.0 Å². The molecule has 4 N–H and O–H groups in total. The smallest absolute Gasteiger partial charge is 0.320 e. The lowest BCUT2D eigenvalue weighted by Gasteiger charge is -2.15. The van der Waals surface area contributed by atoms with Gasteiger partial charge in [-0.1, -0.05) is 35.9 Å². The Kier molecular flexibility index (Phi) is 11.4. The number of carboxylic acids is 1. The van der Waals surface area contributed by atoms with Crippen LogP contribution in [0.2, 0.25) is 0 Å². The molecule has 0 saturated heterocycles. The molecule has 0 aliphatic rings. The van der Waals surface area contributed by atoms with Crippen LogP contribution in [-0.4, -0.2) is 37.9 Å². The second-order valence-corrected chi connectivity index (χ2v) is 8.26. The number of rotatable bonds is 12. The maximum atomic E-state index is 11.3. The van der Waals surface area contributed by atoms with Crippen molar-refractivity contribution >= 4 is 33.7 Å². The van der Waals surface area contributed by atoms with Crippen LogP contribution in [-0.2, 0) is 9.63 Å². The van der Waals surface area contributed by atoms with Crippen LogP contribution in [0.25, 0.3) is 0 Å². The van der Waals surface area contributed by atoms with E-state index in [1.165, 1.54) is 0 Å². The molecule has 0 saturated carbocycles. The summed E-state index contributed by atoms with van der Waals surface area (Å²) in [7, 11) is 3.24. The van der Waals surface area contributed by atoms with E-state index in [9.17, 15) is 9.90 Å². The maximum Gasteiger partial charge on any atom is 0.320 e. The second-order valence-electron chi connectivity index (χ2n) is 6.20. The van der Waals surface area contributed by atoms with E-state index in [2.05, 4.69) is 21.2 Å². The van der Waals surface area contributed by atoms with E-state index in [1.807, 2.05) is 50.3 Å². The minimum Gasteiger partial charge on any atom is -0.497 e. The molecular formula is C19H28BrN2O4S+. The molecule has 0 fully saturated rings. The van der Waals surface area contributed by atoms with Gasteiger partial charge in [-0.15, -0.1) is 0 Å². The lowest BCUT2D eigenvalue weighted by atomic mass is 10.0. The van der Waals surface area contributed by atoms with Crippen molar-refractivity contribution in [3.8, 4) is 5.75 Å². The van der Waals surface area contributed by atoms with Gasteiger partial charge < -0.3 is 15.2 Å². The minimum atomic E-state index is -0.827. The van der Waals surface area contributed by atoms with Gasteiger partial charge in [0.2, 0.25) is 5.03 Å². The topological polar surface area (TPSA) is 84.4 Å². The van der Waals surface area contributed by atoms with E-state index in [4.69, 9.17) is 9.57 Å². The molecule has 0 amide bonds. The molecule has 0 spiro atoms.